The average Bonchev–Trinajstić information content (AvgIpc) is 3.11. The highest BCUT2D eigenvalue weighted by Crippen LogP contribution is 2.33. The van der Waals surface area contributed by atoms with Gasteiger partial charge in [-0.1, -0.05) is 25.0 Å². The standard InChI is InChI=1S/C14H16FNO3/c15-11-3-1-2-10(6-11)8-13(17)16-12(14(18)19)7-9-4-5-9/h1-3,6,9,12H,4-5,7-8H2,(H,16,17)(H,18,19)/t12-/m0/s1. The van der Waals surface area contributed by atoms with E-state index in [-0.39, 0.29) is 6.42 Å². The van der Waals surface area contributed by atoms with E-state index >= 15 is 0 Å². The minimum Gasteiger partial charge on any atom is -0.480 e. The molecule has 19 heavy (non-hydrogen) atoms. The summed E-state index contributed by atoms with van der Waals surface area (Å²) < 4.78 is 13.0. The molecule has 0 aliphatic heterocycles. The summed E-state index contributed by atoms with van der Waals surface area (Å²) in [5.41, 5.74) is 0.535. The van der Waals surface area contributed by atoms with Crippen LogP contribution in [0, 0.1) is 11.7 Å². The third kappa shape index (κ3) is 4.35. The van der Waals surface area contributed by atoms with Gasteiger partial charge in [-0.25, -0.2) is 9.18 Å². The number of hydrogen-bond acceptors (Lipinski definition) is 2. The molecule has 102 valence electrons. The number of hydrogen-bond donors (Lipinski definition) is 2. The number of amides is 1. The van der Waals surface area contributed by atoms with Crippen molar-refractivity contribution in [1.29, 1.82) is 0 Å². The van der Waals surface area contributed by atoms with Crippen molar-refractivity contribution in [1.82, 2.24) is 5.32 Å². The molecule has 1 amide bonds. The number of rotatable bonds is 6. The van der Waals surface area contributed by atoms with E-state index in [1.165, 1.54) is 18.2 Å². The normalized spacial score (nSPS) is 15.8. The first kappa shape index (κ1) is 13.5. The number of nitrogens with one attached hydrogen (secondary N) is 1. The molecule has 1 saturated carbocycles. The quantitative estimate of drug-likeness (QED) is 0.823. The summed E-state index contributed by atoms with van der Waals surface area (Å²) in [6, 6.07) is 4.90. The molecular formula is C14H16FNO3. The Balaban J connectivity index is 1.89. The van der Waals surface area contributed by atoms with Crippen LogP contribution in [0.4, 0.5) is 4.39 Å². The van der Waals surface area contributed by atoms with E-state index in [9.17, 15) is 14.0 Å². The number of aliphatic carboxylic acids is 1. The first-order chi connectivity index (χ1) is 9.04. The Morgan fingerprint density at radius 3 is 2.74 bits per heavy atom. The first-order valence-corrected chi connectivity index (χ1v) is 6.31. The molecule has 0 aromatic heterocycles. The maximum Gasteiger partial charge on any atom is 0.326 e. The van der Waals surface area contributed by atoms with Gasteiger partial charge in [0.15, 0.2) is 0 Å². The summed E-state index contributed by atoms with van der Waals surface area (Å²) in [6.45, 7) is 0. The van der Waals surface area contributed by atoms with Crippen LogP contribution in [0.2, 0.25) is 0 Å². The van der Waals surface area contributed by atoms with Crippen molar-refractivity contribution in [3.63, 3.8) is 0 Å². The van der Waals surface area contributed by atoms with Gasteiger partial charge in [-0.3, -0.25) is 4.79 Å². The van der Waals surface area contributed by atoms with Crippen molar-refractivity contribution < 1.29 is 19.1 Å². The number of carboxylic acid groups (broad SMARTS) is 1. The summed E-state index contributed by atoms with van der Waals surface area (Å²) in [5.74, 6) is -1.40. The molecule has 0 heterocycles. The van der Waals surface area contributed by atoms with E-state index in [1.807, 2.05) is 0 Å². The van der Waals surface area contributed by atoms with Gasteiger partial charge in [-0.15, -0.1) is 0 Å². The minimum atomic E-state index is -1.01. The van der Waals surface area contributed by atoms with Crippen LogP contribution in [-0.4, -0.2) is 23.0 Å². The van der Waals surface area contributed by atoms with E-state index in [2.05, 4.69) is 5.32 Å². The highest BCUT2D eigenvalue weighted by molar-refractivity contribution is 5.84. The smallest absolute Gasteiger partial charge is 0.326 e. The fraction of sp³-hybridized carbons (Fsp3) is 0.429. The largest absolute Gasteiger partial charge is 0.480 e. The van der Waals surface area contributed by atoms with Crippen molar-refractivity contribution in [3.05, 3.63) is 35.6 Å². The average molecular weight is 265 g/mol. The second kappa shape index (κ2) is 5.82. The molecule has 1 aromatic rings. The predicted octanol–water partition coefficient (Wildman–Crippen LogP) is 1.74. The molecule has 1 aliphatic rings. The predicted molar refractivity (Wildman–Crippen MR) is 67.0 cm³/mol. The molecule has 5 heteroatoms. The second-order valence-electron chi connectivity index (χ2n) is 4.94. The third-order valence-corrected chi connectivity index (χ3v) is 3.15. The summed E-state index contributed by atoms with van der Waals surface area (Å²) in [4.78, 5) is 22.8. The molecule has 1 fully saturated rings. The highest BCUT2D eigenvalue weighted by Gasteiger charge is 2.30. The van der Waals surface area contributed by atoms with Crippen molar-refractivity contribution in [2.24, 2.45) is 5.92 Å². The van der Waals surface area contributed by atoms with Crippen LogP contribution in [0.5, 0.6) is 0 Å². The van der Waals surface area contributed by atoms with Gasteiger partial charge in [-0.2, -0.15) is 0 Å². The molecule has 2 rings (SSSR count). The van der Waals surface area contributed by atoms with Gasteiger partial charge in [0, 0.05) is 0 Å². The van der Waals surface area contributed by atoms with Gasteiger partial charge in [0.05, 0.1) is 6.42 Å². The molecule has 0 spiro atoms. The Hall–Kier alpha value is -1.91. The number of carbonyl (C=O) groups is 2. The molecule has 2 N–H and O–H groups in total. The van der Waals surface area contributed by atoms with Crippen molar-refractivity contribution in [2.75, 3.05) is 0 Å². The Kier molecular flexibility index (Phi) is 4.14. The molecule has 0 bridgehead atoms. The Morgan fingerprint density at radius 2 is 2.16 bits per heavy atom. The van der Waals surface area contributed by atoms with Gasteiger partial charge in [0.2, 0.25) is 5.91 Å². The Bertz CT molecular complexity index is 485. The van der Waals surface area contributed by atoms with E-state index in [4.69, 9.17) is 5.11 Å². The van der Waals surface area contributed by atoms with Crippen LogP contribution < -0.4 is 5.32 Å². The van der Waals surface area contributed by atoms with E-state index < -0.39 is 23.7 Å². The maximum absolute atomic E-state index is 13.0. The van der Waals surface area contributed by atoms with Gasteiger partial charge < -0.3 is 10.4 Å². The van der Waals surface area contributed by atoms with Crippen molar-refractivity contribution in [2.45, 2.75) is 31.7 Å². The van der Waals surface area contributed by atoms with Crippen LogP contribution in [0.15, 0.2) is 24.3 Å². The topological polar surface area (TPSA) is 66.4 Å². The van der Waals surface area contributed by atoms with Gasteiger partial charge in [-0.05, 0) is 30.0 Å². The Labute approximate surface area is 110 Å². The zero-order valence-electron chi connectivity index (χ0n) is 10.4. The summed E-state index contributed by atoms with van der Waals surface area (Å²) in [5, 5.41) is 11.5. The van der Waals surface area contributed by atoms with Gasteiger partial charge in [0.25, 0.3) is 0 Å². The summed E-state index contributed by atoms with van der Waals surface area (Å²) in [7, 11) is 0. The number of carbonyl (C=O) groups excluding carboxylic acids is 1. The lowest BCUT2D eigenvalue weighted by atomic mass is 10.1. The zero-order chi connectivity index (χ0) is 13.8. The molecule has 0 unspecified atom stereocenters. The lowest BCUT2D eigenvalue weighted by Crippen LogP contribution is -2.41. The molecule has 4 nitrogen and oxygen atoms in total. The molecular weight excluding hydrogens is 249 g/mol. The third-order valence-electron chi connectivity index (χ3n) is 3.15. The van der Waals surface area contributed by atoms with Crippen LogP contribution in [0.25, 0.3) is 0 Å². The lowest BCUT2D eigenvalue weighted by Gasteiger charge is -2.14. The SMILES string of the molecule is O=C(Cc1cccc(F)c1)N[C@@H](CC1CC1)C(=O)O. The van der Waals surface area contributed by atoms with Crippen LogP contribution in [0.1, 0.15) is 24.8 Å². The lowest BCUT2D eigenvalue weighted by molar-refractivity contribution is -0.142. The monoisotopic (exact) mass is 265 g/mol. The zero-order valence-corrected chi connectivity index (χ0v) is 10.4. The van der Waals surface area contributed by atoms with Crippen molar-refractivity contribution in [3.8, 4) is 0 Å². The molecule has 1 aliphatic carbocycles. The highest BCUT2D eigenvalue weighted by atomic mass is 19.1. The summed E-state index contributed by atoms with van der Waals surface area (Å²) in [6.07, 6.45) is 2.53. The van der Waals surface area contributed by atoms with Gasteiger partial charge >= 0.3 is 5.97 Å². The number of benzene rings is 1. The summed E-state index contributed by atoms with van der Waals surface area (Å²) >= 11 is 0. The number of carboxylic acids is 1. The maximum atomic E-state index is 13.0. The van der Waals surface area contributed by atoms with E-state index in [1.54, 1.807) is 6.07 Å². The van der Waals surface area contributed by atoms with Crippen LogP contribution >= 0.6 is 0 Å². The fourth-order valence-electron chi connectivity index (χ4n) is 1.99. The van der Waals surface area contributed by atoms with Crippen molar-refractivity contribution >= 4 is 11.9 Å². The van der Waals surface area contributed by atoms with Gasteiger partial charge in [0.1, 0.15) is 11.9 Å². The minimum absolute atomic E-state index is 0.00773. The second-order valence-corrected chi connectivity index (χ2v) is 4.94. The Morgan fingerprint density at radius 1 is 1.42 bits per heavy atom. The first-order valence-electron chi connectivity index (χ1n) is 6.31. The fourth-order valence-corrected chi connectivity index (χ4v) is 1.99. The molecule has 1 atom stereocenters. The van der Waals surface area contributed by atoms with Crippen LogP contribution in [0.3, 0.4) is 0 Å². The molecule has 0 radical (unpaired) electrons. The van der Waals surface area contributed by atoms with E-state index in [0.717, 1.165) is 12.8 Å². The van der Waals surface area contributed by atoms with Crippen LogP contribution in [-0.2, 0) is 16.0 Å². The molecule has 0 saturated heterocycles. The molecule has 1 aromatic carbocycles. The number of halogens is 1. The van der Waals surface area contributed by atoms with E-state index in [0.29, 0.717) is 17.9 Å².